The Balaban J connectivity index is 1.40. The minimum absolute atomic E-state index is 0.0376. The first-order valence-electron chi connectivity index (χ1n) is 10.1. The van der Waals surface area contributed by atoms with E-state index in [-0.39, 0.29) is 17.5 Å². The summed E-state index contributed by atoms with van der Waals surface area (Å²) in [7, 11) is 1.90. The van der Waals surface area contributed by atoms with Crippen molar-refractivity contribution >= 4 is 5.91 Å². The summed E-state index contributed by atoms with van der Waals surface area (Å²) in [6.45, 7) is 3.32. The van der Waals surface area contributed by atoms with E-state index in [1.807, 2.05) is 24.1 Å². The number of rotatable bonds is 4. The molecular formula is C21H27N5O2. The van der Waals surface area contributed by atoms with Gasteiger partial charge in [-0.3, -0.25) is 19.5 Å². The van der Waals surface area contributed by atoms with Gasteiger partial charge in [0.25, 0.3) is 5.56 Å². The number of hydrogen-bond donors (Lipinski definition) is 0. The lowest BCUT2D eigenvalue weighted by Crippen LogP contribution is -2.53. The van der Waals surface area contributed by atoms with Crippen LogP contribution in [0.4, 0.5) is 0 Å². The summed E-state index contributed by atoms with van der Waals surface area (Å²) in [4.78, 5) is 33.0. The van der Waals surface area contributed by atoms with E-state index >= 15 is 0 Å². The predicted octanol–water partition coefficient (Wildman–Crippen LogP) is 1.64. The number of hydrogen-bond acceptors (Lipinski definition) is 5. The maximum Gasteiger partial charge on any atom is 0.266 e. The lowest BCUT2D eigenvalue weighted by molar-refractivity contribution is -0.139. The fourth-order valence-corrected chi connectivity index (χ4v) is 4.30. The van der Waals surface area contributed by atoms with Gasteiger partial charge in [-0.05, 0) is 62.9 Å². The molecule has 2 aromatic rings. The van der Waals surface area contributed by atoms with Crippen molar-refractivity contribution in [2.24, 2.45) is 5.92 Å². The lowest BCUT2D eigenvalue weighted by Gasteiger charge is -2.40. The Morgan fingerprint density at radius 1 is 1.00 bits per heavy atom. The normalized spacial score (nSPS) is 21.8. The summed E-state index contributed by atoms with van der Waals surface area (Å²) >= 11 is 0. The molecule has 2 aliphatic rings. The van der Waals surface area contributed by atoms with Crippen molar-refractivity contribution in [3.05, 3.63) is 47.0 Å². The van der Waals surface area contributed by atoms with Gasteiger partial charge in [0.1, 0.15) is 0 Å². The maximum absolute atomic E-state index is 12.4. The van der Waals surface area contributed by atoms with Gasteiger partial charge in [-0.15, -0.1) is 0 Å². The smallest absolute Gasteiger partial charge is 0.266 e. The minimum atomic E-state index is -0.0654. The zero-order valence-corrected chi connectivity index (χ0v) is 16.3. The number of likely N-dealkylation sites (N-methyl/N-ethyl adjacent to an activating group) is 1. The molecule has 2 fully saturated rings. The maximum atomic E-state index is 12.4. The Hall–Kier alpha value is -2.54. The molecule has 0 bridgehead atoms. The van der Waals surface area contributed by atoms with Gasteiger partial charge in [-0.1, -0.05) is 0 Å². The number of piperidine rings is 2. The molecule has 4 heterocycles. The fourth-order valence-electron chi connectivity index (χ4n) is 4.30. The number of carbonyl (C=O) groups is 1. The van der Waals surface area contributed by atoms with Crippen molar-refractivity contribution < 1.29 is 4.79 Å². The monoisotopic (exact) mass is 381 g/mol. The molecule has 148 valence electrons. The second-order valence-electron chi connectivity index (χ2n) is 7.87. The molecule has 1 amide bonds. The highest BCUT2D eigenvalue weighted by Crippen LogP contribution is 2.24. The van der Waals surface area contributed by atoms with Crippen LogP contribution in [0.25, 0.3) is 11.3 Å². The third kappa shape index (κ3) is 3.99. The SMILES string of the molecule is CN1CCCC(N2CCC(Cn3nc(-c4ccncc4)ccc3=O)CC2)C1=O. The van der Waals surface area contributed by atoms with Gasteiger partial charge in [0.2, 0.25) is 5.91 Å². The van der Waals surface area contributed by atoms with Crippen LogP contribution in [0.1, 0.15) is 25.7 Å². The van der Waals surface area contributed by atoms with E-state index in [0.29, 0.717) is 12.5 Å². The van der Waals surface area contributed by atoms with Crippen LogP contribution in [0.3, 0.4) is 0 Å². The number of likely N-dealkylation sites (tertiary alicyclic amines) is 2. The van der Waals surface area contributed by atoms with E-state index in [0.717, 1.165) is 56.6 Å². The highest BCUT2D eigenvalue weighted by Gasteiger charge is 2.33. The number of nitrogens with zero attached hydrogens (tertiary/aromatic N) is 5. The fraction of sp³-hybridized carbons (Fsp3) is 0.524. The number of carbonyl (C=O) groups excluding carboxylic acids is 1. The average Bonchev–Trinajstić information content (AvgIpc) is 2.73. The van der Waals surface area contributed by atoms with Crippen LogP contribution in [0.2, 0.25) is 0 Å². The summed E-state index contributed by atoms with van der Waals surface area (Å²) in [6.07, 6.45) is 7.47. The summed E-state index contributed by atoms with van der Waals surface area (Å²) in [5, 5.41) is 4.57. The first-order chi connectivity index (χ1) is 13.6. The van der Waals surface area contributed by atoms with Crippen LogP contribution < -0.4 is 5.56 Å². The molecule has 1 unspecified atom stereocenters. The first kappa shape index (κ1) is 18.8. The standard InChI is InChI=1S/C21H27N5O2/c1-24-12-2-3-19(21(24)28)25-13-8-16(9-14-25)15-26-20(27)5-4-18(23-26)17-6-10-22-11-7-17/h4-7,10-11,16,19H,2-3,8-9,12-15H2,1H3. The van der Waals surface area contributed by atoms with Gasteiger partial charge in [-0.2, -0.15) is 5.10 Å². The van der Waals surface area contributed by atoms with Crippen LogP contribution in [0.15, 0.2) is 41.5 Å². The highest BCUT2D eigenvalue weighted by atomic mass is 16.2. The van der Waals surface area contributed by atoms with Gasteiger partial charge >= 0.3 is 0 Å². The average molecular weight is 381 g/mol. The Bertz CT molecular complexity index is 874. The Morgan fingerprint density at radius 3 is 2.50 bits per heavy atom. The van der Waals surface area contributed by atoms with Crippen LogP contribution in [0.5, 0.6) is 0 Å². The van der Waals surface area contributed by atoms with Gasteiger partial charge in [0, 0.05) is 44.2 Å². The van der Waals surface area contributed by atoms with Crippen LogP contribution in [-0.4, -0.2) is 63.2 Å². The molecule has 7 heteroatoms. The third-order valence-electron chi connectivity index (χ3n) is 6.00. The second-order valence-corrected chi connectivity index (χ2v) is 7.87. The van der Waals surface area contributed by atoms with E-state index < -0.39 is 0 Å². The van der Waals surface area contributed by atoms with E-state index in [1.165, 1.54) is 0 Å². The summed E-state index contributed by atoms with van der Waals surface area (Å²) < 4.78 is 1.59. The molecule has 2 saturated heterocycles. The summed E-state index contributed by atoms with van der Waals surface area (Å²) in [5.41, 5.74) is 1.68. The molecule has 7 nitrogen and oxygen atoms in total. The quantitative estimate of drug-likeness (QED) is 0.805. The Morgan fingerprint density at radius 2 is 1.75 bits per heavy atom. The highest BCUT2D eigenvalue weighted by molar-refractivity contribution is 5.82. The minimum Gasteiger partial charge on any atom is -0.344 e. The van der Waals surface area contributed by atoms with Gasteiger partial charge in [-0.25, -0.2) is 4.68 Å². The zero-order valence-electron chi connectivity index (χ0n) is 16.3. The van der Waals surface area contributed by atoms with Crippen LogP contribution >= 0.6 is 0 Å². The predicted molar refractivity (Wildman–Crippen MR) is 107 cm³/mol. The molecule has 0 saturated carbocycles. The molecule has 0 radical (unpaired) electrons. The van der Waals surface area contributed by atoms with Crippen molar-refractivity contribution in [2.75, 3.05) is 26.7 Å². The van der Waals surface area contributed by atoms with Crippen LogP contribution in [0, 0.1) is 5.92 Å². The number of aromatic nitrogens is 3. The van der Waals surface area contributed by atoms with Gasteiger partial charge in [0.15, 0.2) is 0 Å². The zero-order chi connectivity index (χ0) is 19.5. The lowest BCUT2D eigenvalue weighted by atomic mass is 9.93. The molecule has 28 heavy (non-hydrogen) atoms. The van der Waals surface area contributed by atoms with E-state index in [1.54, 1.807) is 29.2 Å². The molecule has 0 spiro atoms. The van der Waals surface area contributed by atoms with Crippen molar-refractivity contribution in [2.45, 2.75) is 38.3 Å². The Kier molecular flexibility index (Phi) is 5.52. The molecule has 1 atom stereocenters. The second kappa shape index (κ2) is 8.22. The molecule has 0 N–H and O–H groups in total. The van der Waals surface area contributed by atoms with E-state index in [2.05, 4.69) is 15.0 Å². The largest absolute Gasteiger partial charge is 0.344 e. The molecule has 0 aliphatic carbocycles. The first-order valence-corrected chi connectivity index (χ1v) is 10.1. The van der Waals surface area contributed by atoms with Crippen molar-refractivity contribution in [1.82, 2.24) is 24.6 Å². The van der Waals surface area contributed by atoms with Gasteiger partial charge in [0.05, 0.1) is 11.7 Å². The molecule has 2 aliphatic heterocycles. The third-order valence-corrected chi connectivity index (χ3v) is 6.00. The van der Waals surface area contributed by atoms with E-state index in [9.17, 15) is 9.59 Å². The topological polar surface area (TPSA) is 71.3 Å². The molecular weight excluding hydrogens is 354 g/mol. The Labute approximate surface area is 165 Å². The summed E-state index contributed by atoms with van der Waals surface area (Å²) in [6, 6.07) is 7.19. The molecule has 0 aromatic carbocycles. The number of pyridine rings is 1. The van der Waals surface area contributed by atoms with Crippen molar-refractivity contribution in [3.8, 4) is 11.3 Å². The van der Waals surface area contributed by atoms with Crippen molar-refractivity contribution in [3.63, 3.8) is 0 Å². The molecule has 2 aromatic heterocycles. The van der Waals surface area contributed by atoms with Gasteiger partial charge < -0.3 is 4.90 Å². The van der Waals surface area contributed by atoms with Crippen molar-refractivity contribution in [1.29, 1.82) is 0 Å². The van der Waals surface area contributed by atoms with E-state index in [4.69, 9.17) is 0 Å². The molecule has 4 rings (SSSR count). The number of amides is 1. The summed E-state index contributed by atoms with van der Waals surface area (Å²) in [5.74, 6) is 0.665. The van der Waals surface area contributed by atoms with Crippen LogP contribution in [-0.2, 0) is 11.3 Å².